The van der Waals surface area contributed by atoms with Gasteiger partial charge in [-0.2, -0.15) is 0 Å². The van der Waals surface area contributed by atoms with Crippen molar-refractivity contribution in [3.05, 3.63) is 76.6 Å². The number of hydrogen-bond acceptors (Lipinski definition) is 4. The highest BCUT2D eigenvalue weighted by Crippen LogP contribution is 2.26. The van der Waals surface area contributed by atoms with Crippen molar-refractivity contribution in [2.45, 2.75) is 37.1 Å². The summed E-state index contributed by atoms with van der Waals surface area (Å²) in [7, 11) is -3.64. The molecular weight excluding hydrogens is 394 g/mol. The predicted molar refractivity (Wildman–Crippen MR) is 110 cm³/mol. The van der Waals surface area contributed by atoms with Gasteiger partial charge in [0.15, 0.2) is 5.82 Å². The van der Waals surface area contributed by atoms with E-state index in [4.69, 9.17) is 16.6 Å². The maximum absolute atomic E-state index is 12.8. The quantitative estimate of drug-likeness (QED) is 0.703. The van der Waals surface area contributed by atoms with Gasteiger partial charge in [-0.05, 0) is 49.4 Å². The molecule has 4 rings (SSSR count). The standard InChI is InChI=1S/C21H20ClN3O2S/c1-14-18(22)8-5-9-20(14)28(26,27)25-17-10-11-19-16(12-17)13-23-21(24-19)15-6-3-2-4-7-15/h2-9,13,17,25H,10-12H2,1H3/t17-/m0/s1. The molecule has 0 saturated heterocycles. The molecule has 0 radical (unpaired) electrons. The fourth-order valence-electron chi connectivity index (χ4n) is 3.50. The highest BCUT2D eigenvalue weighted by molar-refractivity contribution is 7.89. The lowest BCUT2D eigenvalue weighted by Crippen LogP contribution is -2.39. The zero-order valence-corrected chi connectivity index (χ0v) is 17.0. The van der Waals surface area contributed by atoms with Gasteiger partial charge < -0.3 is 0 Å². The number of fused-ring (bicyclic) bond motifs is 1. The largest absolute Gasteiger partial charge is 0.241 e. The molecule has 5 nitrogen and oxygen atoms in total. The van der Waals surface area contributed by atoms with Gasteiger partial charge in [0.25, 0.3) is 0 Å². The average molecular weight is 414 g/mol. The SMILES string of the molecule is Cc1c(Cl)cccc1S(=O)(=O)N[C@H]1CCc2nc(-c3ccccc3)ncc2C1. The van der Waals surface area contributed by atoms with E-state index >= 15 is 0 Å². The van der Waals surface area contributed by atoms with Crippen LogP contribution in [-0.4, -0.2) is 24.4 Å². The van der Waals surface area contributed by atoms with Gasteiger partial charge in [-0.25, -0.2) is 23.1 Å². The molecule has 1 atom stereocenters. The molecule has 1 aliphatic rings. The molecule has 7 heteroatoms. The van der Waals surface area contributed by atoms with Crippen LogP contribution in [0.4, 0.5) is 0 Å². The second kappa shape index (κ2) is 7.62. The fourth-order valence-corrected chi connectivity index (χ4v) is 5.26. The van der Waals surface area contributed by atoms with Crippen molar-refractivity contribution in [1.82, 2.24) is 14.7 Å². The van der Waals surface area contributed by atoms with Gasteiger partial charge in [0.1, 0.15) is 0 Å². The Kier molecular flexibility index (Phi) is 5.19. The third-order valence-corrected chi connectivity index (χ3v) is 7.09. The van der Waals surface area contributed by atoms with Gasteiger partial charge >= 0.3 is 0 Å². The lowest BCUT2D eigenvalue weighted by atomic mass is 9.93. The molecule has 0 saturated carbocycles. The van der Waals surface area contributed by atoms with Gasteiger partial charge in [0, 0.05) is 28.5 Å². The second-order valence-electron chi connectivity index (χ2n) is 6.96. The summed E-state index contributed by atoms with van der Waals surface area (Å²) in [5.41, 5.74) is 3.51. The van der Waals surface area contributed by atoms with Crippen molar-refractivity contribution in [2.75, 3.05) is 0 Å². The number of hydrogen-bond donors (Lipinski definition) is 1. The zero-order valence-electron chi connectivity index (χ0n) is 15.4. The summed E-state index contributed by atoms with van der Waals surface area (Å²) >= 11 is 6.09. The fraction of sp³-hybridized carbons (Fsp3) is 0.238. The molecule has 1 N–H and O–H groups in total. The van der Waals surface area contributed by atoms with Crippen LogP contribution in [0.3, 0.4) is 0 Å². The van der Waals surface area contributed by atoms with Crippen LogP contribution in [0.5, 0.6) is 0 Å². The van der Waals surface area contributed by atoms with Gasteiger partial charge in [-0.3, -0.25) is 0 Å². The Balaban J connectivity index is 1.54. The van der Waals surface area contributed by atoms with Crippen molar-refractivity contribution in [3.63, 3.8) is 0 Å². The molecule has 2 aromatic carbocycles. The lowest BCUT2D eigenvalue weighted by Gasteiger charge is -2.25. The van der Waals surface area contributed by atoms with E-state index < -0.39 is 10.0 Å². The van der Waals surface area contributed by atoms with E-state index in [1.54, 1.807) is 25.1 Å². The monoisotopic (exact) mass is 413 g/mol. The third kappa shape index (κ3) is 3.81. The summed E-state index contributed by atoms with van der Waals surface area (Å²) in [6.45, 7) is 1.71. The zero-order chi connectivity index (χ0) is 19.7. The summed E-state index contributed by atoms with van der Waals surface area (Å²) in [4.78, 5) is 9.39. The number of rotatable bonds is 4. The summed E-state index contributed by atoms with van der Waals surface area (Å²) < 4.78 is 28.5. The van der Waals surface area contributed by atoms with Crippen LogP contribution in [0, 0.1) is 6.92 Å². The highest BCUT2D eigenvalue weighted by Gasteiger charge is 2.27. The van der Waals surface area contributed by atoms with Crippen LogP contribution in [-0.2, 0) is 22.9 Å². The molecule has 1 aromatic heterocycles. The molecule has 0 amide bonds. The van der Waals surface area contributed by atoms with Crippen molar-refractivity contribution in [3.8, 4) is 11.4 Å². The number of aryl methyl sites for hydroxylation is 1. The molecule has 0 spiro atoms. The van der Waals surface area contributed by atoms with E-state index in [1.807, 2.05) is 36.5 Å². The van der Waals surface area contributed by atoms with E-state index in [0.29, 0.717) is 35.7 Å². The van der Waals surface area contributed by atoms with Crippen molar-refractivity contribution in [2.24, 2.45) is 0 Å². The predicted octanol–water partition coefficient (Wildman–Crippen LogP) is 3.94. The number of sulfonamides is 1. The first kappa shape index (κ1) is 19.1. The molecule has 1 aliphatic carbocycles. The molecule has 0 aliphatic heterocycles. The highest BCUT2D eigenvalue weighted by atomic mass is 35.5. The molecule has 0 unspecified atom stereocenters. The van der Waals surface area contributed by atoms with Gasteiger partial charge in [-0.15, -0.1) is 0 Å². The van der Waals surface area contributed by atoms with Gasteiger partial charge in [0.05, 0.1) is 4.90 Å². The Bertz CT molecular complexity index is 1120. The Morgan fingerprint density at radius 3 is 2.68 bits per heavy atom. The van der Waals surface area contributed by atoms with Crippen LogP contribution < -0.4 is 4.72 Å². The van der Waals surface area contributed by atoms with Crippen molar-refractivity contribution >= 4 is 21.6 Å². The molecule has 1 heterocycles. The third-order valence-electron chi connectivity index (χ3n) is 5.01. The summed E-state index contributed by atoms with van der Waals surface area (Å²) in [5, 5.41) is 0.443. The Labute approximate surface area is 169 Å². The number of nitrogens with zero attached hydrogens (tertiary/aromatic N) is 2. The first-order valence-electron chi connectivity index (χ1n) is 9.12. The van der Waals surface area contributed by atoms with E-state index in [9.17, 15) is 8.42 Å². The topological polar surface area (TPSA) is 72.0 Å². The molecule has 144 valence electrons. The molecule has 0 bridgehead atoms. The smallest absolute Gasteiger partial charge is 0.236 e. The summed E-state index contributed by atoms with van der Waals surface area (Å²) in [6.07, 6.45) is 3.79. The molecular formula is C21H20ClN3O2S. The molecule has 28 heavy (non-hydrogen) atoms. The summed E-state index contributed by atoms with van der Waals surface area (Å²) in [5.74, 6) is 0.702. The molecule has 3 aromatic rings. The van der Waals surface area contributed by atoms with Crippen LogP contribution >= 0.6 is 11.6 Å². The Morgan fingerprint density at radius 1 is 1.11 bits per heavy atom. The minimum Gasteiger partial charge on any atom is -0.236 e. The minimum atomic E-state index is -3.64. The Hall–Kier alpha value is -2.28. The molecule has 0 fully saturated rings. The Morgan fingerprint density at radius 2 is 1.89 bits per heavy atom. The minimum absolute atomic E-state index is 0.193. The van der Waals surface area contributed by atoms with E-state index in [-0.39, 0.29) is 10.9 Å². The van der Waals surface area contributed by atoms with Crippen molar-refractivity contribution < 1.29 is 8.42 Å². The summed E-state index contributed by atoms with van der Waals surface area (Å²) in [6, 6.07) is 14.6. The second-order valence-corrected chi connectivity index (χ2v) is 9.05. The van der Waals surface area contributed by atoms with E-state index in [2.05, 4.69) is 9.71 Å². The van der Waals surface area contributed by atoms with Gasteiger partial charge in [-0.1, -0.05) is 48.0 Å². The number of aromatic nitrogens is 2. The first-order chi connectivity index (χ1) is 13.4. The maximum Gasteiger partial charge on any atom is 0.241 e. The van der Waals surface area contributed by atoms with Crippen molar-refractivity contribution in [1.29, 1.82) is 0 Å². The number of nitrogens with one attached hydrogen (secondary N) is 1. The van der Waals surface area contributed by atoms with E-state index in [1.165, 1.54) is 0 Å². The first-order valence-corrected chi connectivity index (χ1v) is 11.0. The lowest BCUT2D eigenvalue weighted by molar-refractivity contribution is 0.501. The average Bonchev–Trinajstić information content (AvgIpc) is 2.70. The van der Waals surface area contributed by atoms with Gasteiger partial charge in [0.2, 0.25) is 10.0 Å². The van der Waals surface area contributed by atoms with Crippen LogP contribution in [0.2, 0.25) is 5.02 Å². The van der Waals surface area contributed by atoms with E-state index in [0.717, 1.165) is 16.8 Å². The maximum atomic E-state index is 12.8. The van der Waals surface area contributed by atoms with Crippen LogP contribution in [0.25, 0.3) is 11.4 Å². The van der Waals surface area contributed by atoms with Crippen LogP contribution in [0.15, 0.2) is 59.6 Å². The normalized spacial score (nSPS) is 16.6. The number of halogens is 1. The number of benzene rings is 2. The van der Waals surface area contributed by atoms with Crippen LogP contribution in [0.1, 0.15) is 23.2 Å².